The second-order valence-electron chi connectivity index (χ2n) is 14.1. The molecule has 0 saturated carbocycles. The lowest BCUT2D eigenvalue weighted by molar-refractivity contribution is -0.571. The molecule has 3 aromatic heterocycles. The first-order valence-corrected chi connectivity index (χ1v) is 18.7. The Morgan fingerprint density at radius 2 is 1.20 bits per heavy atom. The highest BCUT2D eigenvalue weighted by Crippen LogP contribution is 2.37. The molecule has 3 heterocycles. The van der Waals surface area contributed by atoms with Gasteiger partial charge in [-0.25, -0.2) is 4.98 Å². The summed E-state index contributed by atoms with van der Waals surface area (Å²) in [5, 5.41) is 2.31. The smallest absolute Gasteiger partial charge is 0.269 e. The lowest BCUT2D eigenvalue weighted by atomic mass is 9.95. The van der Waals surface area contributed by atoms with Crippen LogP contribution in [0.5, 0.6) is 11.5 Å². The summed E-state index contributed by atoms with van der Waals surface area (Å²) in [6.07, 6.45) is 5.64. The van der Waals surface area contributed by atoms with Crippen LogP contribution in [0.1, 0.15) is 0 Å². The van der Waals surface area contributed by atoms with E-state index in [2.05, 4.69) is 183 Å². The van der Waals surface area contributed by atoms with Crippen LogP contribution in [-0.2, 0) is 0 Å². The topological polar surface area (TPSA) is 39.1 Å². The van der Waals surface area contributed by atoms with Gasteiger partial charge in [0.05, 0.1) is 33.4 Å². The van der Waals surface area contributed by atoms with Crippen LogP contribution in [-0.4, -0.2) is 28.2 Å². The van der Waals surface area contributed by atoms with Crippen LogP contribution in [0.25, 0.3) is 72.3 Å². The van der Waals surface area contributed by atoms with Gasteiger partial charge in [0.1, 0.15) is 17.3 Å². The zero-order valence-electron chi connectivity index (χ0n) is 31.0. The molecule has 56 heavy (non-hydrogen) atoms. The van der Waals surface area contributed by atoms with Crippen molar-refractivity contribution in [1.82, 2.24) is 14.1 Å². The molecule has 268 valence electrons. The Kier molecular flexibility index (Phi) is 8.15. The van der Waals surface area contributed by atoms with E-state index in [9.17, 15) is 0 Å². The third kappa shape index (κ3) is 5.76. The largest absolute Gasteiger partial charge is 0.458 e. The number of imidazole rings is 1. The highest BCUT2D eigenvalue weighted by molar-refractivity contribution is 6.09. The third-order valence-electron chi connectivity index (χ3n) is 10.4. The number of anilines is 1. The monoisotopic (exact) mass is 723 g/mol. The van der Waals surface area contributed by atoms with Crippen LogP contribution in [0.4, 0.5) is 5.69 Å². The summed E-state index contributed by atoms with van der Waals surface area (Å²) in [6.45, 7) is 0. The molecule has 0 N–H and O–H groups in total. The van der Waals surface area contributed by atoms with Crippen molar-refractivity contribution in [3.8, 4) is 50.9 Å². The van der Waals surface area contributed by atoms with E-state index in [-0.39, 0.29) is 0 Å². The number of nitrogens with zero attached hydrogens (tertiary/aromatic N) is 5. The zero-order valence-corrected chi connectivity index (χ0v) is 31.0. The quantitative estimate of drug-likeness (QED) is 0.116. The molecule has 6 heteroatoms. The minimum Gasteiger partial charge on any atom is -0.458 e. The maximum atomic E-state index is 6.68. The Labute approximate surface area is 325 Å². The molecule has 10 rings (SSSR count). The number of aromatic nitrogens is 4. The zero-order chi connectivity index (χ0) is 37.6. The van der Waals surface area contributed by atoms with Crippen molar-refractivity contribution in [3.63, 3.8) is 0 Å². The predicted molar refractivity (Wildman–Crippen MR) is 227 cm³/mol. The number of benzene rings is 7. The van der Waals surface area contributed by atoms with E-state index in [4.69, 9.17) is 9.72 Å². The molecule has 7 aromatic carbocycles. The Hall–Kier alpha value is -7.44. The normalized spacial score (nSPS) is 11.4. The molecule has 0 fully saturated rings. The summed E-state index contributed by atoms with van der Waals surface area (Å²) >= 11 is 0. The van der Waals surface area contributed by atoms with Gasteiger partial charge in [-0.3, -0.25) is 13.7 Å². The summed E-state index contributed by atoms with van der Waals surface area (Å²) in [6, 6.07) is 63.3. The maximum Gasteiger partial charge on any atom is 0.269 e. The van der Waals surface area contributed by atoms with Crippen molar-refractivity contribution in [2.75, 3.05) is 19.0 Å². The van der Waals surface area contributed by atoms with Gasteiger partial charge >= 0.3 is 0 Å². The second-order valence-corrected chi connectivity index (χ2v) is 14.1. The molecule has 0 atom stereocenters. The van der Waals surface area contributed by atoms with E-state index in [1.165, 1.54) is 5.39 Å². The number of hydrogen-bond donors (Lipinski definition) is 0. The minimum absolute atomic E-state index is 0.727. The van der Waals surface area contributed by atoms with Gasteiger partial charge in [-0.1, -0.05) is 127 Å². The van der Waals surface area contributed by atoms with Crippen molar-refractivity contribution in [2.24, 2.45) is 0 Å². The molecule has 6 nitrogen and oxygen atoms in total. The lowest BCUT2D eigenvalue weighted by Gasteiger charge is -2.17. The summed E-state index contributed by atoms with van der Waals surface area (Å²) in [5.41, 5.74) is 11.8. The first kappa shape index (κ1) is 33.2. The van der Waals surface area contributed by atoms with Gasteiger partial charge in [0.15, 0.2) is 0 Å². The van der Waals surface area contributed by atoms with Crippen LogP contribution in [0.15, 0.2) is 188 Å². The molecule has 0 aliphatic carbocycles. The van der Waals surface area contributed by atoms with Crippen molar-refractivity contribution < 1.29 is 9.30 Å². The Balaban J connectivity index is 1.09. The van der Waals surface area contributed by atoms with Gasteiger partial charge in [0, 0.05) is 48.9 Å². The maximum absolute atomic E-state index is 6.68. The number of ether oxygens (including phenoxy) is 1. The molecule has 0 amide bonds. The average molecular weight is 724 g/mol. The predicted octanol–water partition coefficient (Wildman–Crippen LogP) is 11.4. The molecule has 0 radical (unpaired) electrons. The number of para-hydroxylation sites is 4. The summed E-state index contributed by atoms with van der Waals surface area (Å²) in [7, 11) is 4.09. The highest BCUT2D eigenvalue weighted by Gasteiger charge is 2.20. The van der Waals surface area contributed by atoms with E-state index in [0.717, 1.165) is 84.1 Å². The van der Waals surface area contributed by atoms with Gasteiger partial charge in [-0.15, -0.1) is 0 Å². The van der Waals surface area contributed by atoms with Crippen LogP contribution in [0, 0.1) is 6.33 Å². The van der Waals surface area contributed by atoms with Crippen molar-refractivity contribution in [3.05, 3.63) is 195 Å². The van der Waals surface area contributed by atoms with E-state index >= 15 is 0 Å². The number of hydrogen-bond acceptors (Lipinski definition) is 3. The number of pyridine rings is 1. The SMILES string of the molecule is CN(C)c1ccnc(-n2c3ccccc3c3ccc(Oc4cccc(-n5[c-][n+](-c6c(-c7ccccc7)cccc6-c6ccccc6)c6ccccc65)c4)cc32)c1. The van der Waals surface area contributed by atoms with Crippen LogP contribution in [0.3, 0.4) is 0 Å². The van der Waals surface area contributed by atoms with Gasteiger partial charge in [-0.2, -0.15) is 0 Å². The Morgan fingerprint density at radius 1 is 0.554 bits per heavy atom. The first-order chi connectivity index (χ1) is 27.6. The van der Waals surface area contributed by atoms with E-state index < -0.39 is 0 Å². The standard InChI is InChI=1S/C50H37N5O/c1-52(2)37-29-30-51-49(32-37)55-45-24-10-9-21-43(45)44-28-27-40(33-48(44)55)56-39-20-13-19-38(31-39)53-34-54(47-26-12-11-25-46(47)53)50-41(35-15-5-3-6-16-35)22-14-23-42(50)36-17-7-4-8-18-36/h3-33H,1-2H3. The molecule has 10 aromatic rings. The van der Waals surface area contributed by atoms with Gasteiger partial charge in [-0.05, 0) is 64.7 Å². The lowest BCUT2D eigenvalue weighted by Crippen LogP contribution is -2.31. The Bertz CT molecular complexity index is 2980. The molecule has 0 saturated heterocycles. The average Bonchev–Trinajstić information content (AvgIpc) is 3.80. The molecule has 0 aliphatic heterocycles. The fraction of sp³-hybridized carbons (Fsp3) is 0.0400. The van der Waals surface area contributed by atoms with Gasteiger partial charge < -0.3 is 9.64 Å². The third-order valence-corrected chi connectivity index (χ3v) is 10.4. The van der Waals surface area contributed by atoms with Crippen molar-refractivity contribution in [2.45, 2.75) is 0 Å². The van der Waals surface area contributed by atoms with E-state index in [1.54, 1.807) is 0 Å². The molecule has 0 aliphatic rings. The highest BCUT2D eigenvalue weighted by atomic mass is 16.5. The van der Waals surface area contributed by atoms with Crippen LogP contribution >= 0.6 is 0 Å². The Morgan fingerprint density at radius 3 is 1.95 bits per heavy atom. The van der Waals surface area contributed by atoms with Crippen molar-refractivity contribution in [1.29, 1.82) is 0 Å². The van der Waals surface area contributed by atoms with Crippen molar-refractivity contribution >= 4 is 38.5 Å². The van der Waals surface area contributed by atoms with Gasteiger partial charge in [0.25, 0.3) is 6.33 Å². The van der Waals surface area contributed by atoms with E-state index in [1.807, 2.05) is 44.6 Å². The summed E-state index contributed by atoms with van der Waals surface area (Å²) < 4.78 is 13.2. The first-order valence-electron chi connectivity index (χ1n) is 18.7. The summed E-state index contributed by atoms with van der Waals surface area (Å²) in [5.74, 6) is 2.32. The molecule has 0 spiro atoms. The summed E-state index contributed by atoms with van der Waals surface area (Å²) in [4.78, 5) is 6.90. The second kappa shape index (κ2) is 13.8. The molecular formula is C50H37N5O. The fourth-order valence-electron chi connectivity index (χ4n) is 7.79. The molecule has 0 bridgehead atoms. The molecule has 0 unspecified atom stereocenters. The van der Waals surface area contributed by atoms with Crippen LogP contribution in [0.2, 0.25) is 0 Å². The van der Waals surface area contributed by atoms with Crippen LogP contribution < -0.4 is 14.2 Å². The fourth-order valence-corrected chi connectivity index (χ4v) is 7.79. The number of rotatable bonds is 8. The minimum atomic E-state index is 0.727. The van der Waals surface area contributed by atoms with E-state index in [0.29, 0.717) is 0 Å². The molecular weight excluding hydrogens is 687 g/mol. The number of fused-ring (bicyclic) bond motifs is 4. The van der Waals surface area contributed by atoms with Gasteiger partial charge in [0.2, 0.25) is 0 Å².